The molecule has 1 aliphatic rings. The van der Waals surface area contributed by atoms with Gasteiger partial charge in [-0.2, -0.15) is 0 Å². The average molecular weight is 375 g/mol. The fourth-order valence-electron chi connectivity index (χ4n) is 2.81. The molecule has 1 saturated carbocycles. The molecule has 26 heavy (non-hydrogen) atoms. The van der Waals surface area contributed by atoms with E-state index >= 15 is 0 Å². The molecule has 0 radical (unpaired) electrons. The number of nitrogens with two attached hydrogens (primary N) is 1. The summed E-state index contributed by atoms with van der Waals surface area (Å²) in [5.74, 6) is 8.48. The van der Waals surface area contributed by atoms with Gasteiger partial charge in [-0.15, -0.1) is 10.2 Å². The molecule has 2 aromatic rings. The molecule has 1 aliphatic carbocycles. The molecule has 2 N–H and O–H groups in total. The summed E-state index contributed by atoms with van der Waals surface area (Å²) in [6.07, 6.45) is 3.44. The second kappa shape index (κ2) is 8.44. The van der Waals surface area contributed by atoms with Crippen LogP contribution in [0.2, 0.25) is 0 Å². The lowest BCUT2D eigenvalue weighted by atomic mass is 10.2. The van der Waals surface area contributed by atoms with E-state index in [4.69, 9.17) is 10.6 Å². The van der Waals surface area contributed by atoms with Crippen molar-refractivity contribution in [2.24, 2.45) is 5.92 Å². The van der Waals surface area contributed by atoms with E-state index in [0.717, 1.165) is 25.1 Å². The van der Waals surface area contributed by atoms with E-state index < -0.39 is 0 Å². The molecule has 3 rings (SSSR count). The molecule has 0 spiro atoms. The van der Waals surface area contributed by atoms with Crippen molar-refractivity contribution >= 4 is 17.7 Å². The van der Waals surface area contributed by atoms with Crippen LogP contribution in [0.25, 0.3) is 11.4 Å². The lowest BCUT2D eigenvalue weighted by molar-refractivity contribution is -0.128. The average Bonchev–Trinajstić information content (AvgIpc) is 3.40. The SMILES string of the molecule is CCCN(CC1CC1)C(=O)CSc1nnc(-c2ccccc2OC)n1N. The first-order chi connectivity index (χ1) is 12.6. The van der Waals surface area contributed by atoms with Crippen LogP contribution in [0.4, 0.5) is 0 Å². The Balaban J connectivity index is 1.67. The first kappa shape index (κ1) is 18.6. The Kier molecular flexibility index (Phi) is 6.03. The number of carbonyl (C=O) groups excluding carboxylic acids is 1. The second-order valence-electron chi connectivity index (χ2n) is 6.45. The number of hydrogen-bond acceptors (Lipinski definition) is 6. The van der Waals surface area contributed by atoms with Crippen molar-refractivity contribution in [1.29, 1.82) is 0 Å². The number of nitrogens with zero attached hydrogens (tertiary/aromatic N) is 4. The summed E-state index contributed by atoms with van der Waals surface area (Å²) in [7, 11) is 1.60. The molecule has 0 saturated heterocycles. The van der Waals surface area contributed by atoms with E-state index in [1.54, 1.807) is 7.11 Å². The van der Waals surface area contributed by atoms with Crippen molar-refractivity contribution in [3.8, 4) is 17.1 Å². The third-order valence-electron chi connectivity index (χ3n) is 4.36. The largest absolute Gasteiger partial charge is 0.496 e. The third kappa shape index (κ3) is 4.30. The minimum atomic E-state index is 0.130. The zero-order valence-electron chi connectivity index (χ0n) is 15.2. The highest BCUT2D eigenvalue weighted by molar-refractivity contribution is 7.99. The maximum Gasteiger partial charge on any atom is 0.233 e. The van der Waals surface area contributed by atoms with E-state index in [1.165, 1.54) is 29.3 Å². The number of para-hydroxylation sites is 1. The van der Waals surface area contributed by atoms with Gasteiger partial charge in [-0.25, -0.2) is 4.68 Å². The minimum Gasteiger partial charge on any atom is -0.496 e. The number of thioether (sulfide) groups is 1. The van der Waals surface area contributed by atoms with Crippen LogP contribution in [0.3, 0.4) is 0 Å². The summed E-state index contributed by atoms with van der Waals surface area (Å²) in [4.78, 5) is 14.5. The maximum absolute atomic E-state index is 12.5. The molecule has 1 amide bonds. The normalized spacial score (nSPS) is 13.6. The summed E-state index contributed by atoms with van der Waals surface area (Å²) in [6, 6.07) is 7.50. The summed E-state index contributed by atoms with van der Waals surface area (Å²) >= 11 is 1.32. The van der Waals surface area contributed by atoms with Gasteiger partial charge in [-0.05, 0) is 37.3 Å². The Hall–Kier alpha value is -2.22. The summed E-state index contributed by atoms with van der Waals surface area (Å²) in [5, 5.41) is 8.83. The molecule has 0 bridgehead atoms. The molecule has 140 valence electrons. The number of carbonyl (C=O) groups is 1. The zero-order chi connectivity index (χ0) is 18.5. The van der Waals surface area contributed by atoms with Crippen LogP contribution in [0.5, 0.6) is 5.75 Å². The molecule has 7 nitrogen and oxygen atoms in total. The van der Waals surface area contributed by atoms with Gasteiger partial charge in [-0.1, -0.05) is 30.8 Å². The van der Waals surface area contributed by atoms with Crippen molar-refractivity contribution in [3.05, 3.63) is 24.3 Å². The van der Waals surface area contributed by atoms with E-state index in [0.29, 0.717) is 28.4 Å². The van der Waals surface area contributed by atoms with Crippen LogP contribution in [0.15, 0.2) is 29.4 Å². The molecule has 8 heteroatoms. The molecule has 1 aromatic carbocycles. The first-order valence-electron chi connectivity index (χ1n) is 8.88. The van der Waals surface area contributed by atoms with Gasteiger partial charge in [0.2, 0.25) is 11.1 Å². The highest BCUT2D eigenvalue weighted by Gasteiger charge is 2.26. The highest BCUT2D eigenvalue weighted by Crippen LogP contribution is 2.31. The van der Waals surface area contributed by atoms with Gasteiger partial charge in [0.25, 0.3) is 0 Å². The van der Waals surface area contributed by atoms with Crippen molar-refractivity contribution in [2.75, 3.05) is 31.8 Å². The Morgan fingerprint density at radius 2 is 2.15 bits per heavy atom. The standard InChI is InChI=1S/C18H25N5O2S/c1-3-10-22(11-13-8-9-13)16(24)12-26-18-21-20-17(23(18)19)14-6-4-5-7-15(14)25-2/h4-7,13H,3,8-12,19H2,1-2H3. The summed E-state index contributed by atoms with van der Waals surface area (Å²) in [6.45, 7) is 3.77. The predicted octanol–water partition coefficient (Wildman–Crippen LogP) is 2.41. The Morgan fingerprint density at radius 1 is 1.38 bits per heavy atom. The van der Waals surface area contributed by atoms with Gasteiger partial charge in [0, 0.05) is 13.1 Å². The van der Waals surface area contributed by atoms with E-state index in [1.807, 2.05) is 29.2 Å². The lowest BCUT2D eigenvalue weighted by Gasteiger charge is -2.21. The smallest absolute Gasteiger partial charge is 0.233 e. The third-order valence-corrected chi connectivity index (χ3v) is 5.29. The number of rotatable bonds is 9. The number of methoxy groups -OCH3 is 1. The number of benzene rings is 1. The zero-order valence-corrected chi connectivity index (χ0v) is 16.0. The summed E-state index contributed by atoms with van der Waals surface area (Å²) in [5.41, 5.74) is 0.768. The van der Waals surface area contributed by atoms with Crippen LogP contribution < -0.4 is 10.6 Å². The minimum absolute atomic E-state index is 0.130. The van der Waals surface area contributed by atoms with Gasteiger partial charge in [0.15, 0.2) is 5.82 Å². The Bertz CT molecular complexity index is 760. The second-order valence-corrected chi connectivity index (χ2v) is 7.39. The predicted molar refractivity (Wildman–Crippen MR) is 102 cm³/mol. The van der Waals surface area contributed by atoms with Gasteiger partial charge >= 0.3 is 0 Å². The van der Waals surface area contributed by atoms with Crippen molar-refractivity contribution in [2.45, 2.75) is 31.3 Å². The van der Waals surface area contributed by atoms with Crippen molar-refractivity contribution in [1.82, 2.24) is 19.8 Å². The molecule has 0 aliphatic heterocycles. The van der Waals surface area contributed by atoms with Gasteiger partial charge in [0.05, 0.1) is 18.4 Å². The van der Waals surface area contributed by atoms with E-state index in [2.05, 4.69) is 17.1 Å². The van der Waals surface area contributed by atoms with Crippen LogP contribution in [0, 0.1) is 5.92 Å². The van der Waals surface area contributed by atoms with Crippen LogP contribution in [-0.4, -0.2) is 51.6 Å². The van der Waals surface area contributed by atoms with Crippen LogP contribution in [-0.2, 0) is 4.79 Å². The molecule has 0 atom stereocenters. The molecule has 1 aromatic heterocycles. The van der Waals surface area contributed by atoms with Gasteiger partial charge in [-0.3, -0.25) is 4.79 Å². The number of hydrogen-bond donors (Lipinski definition) is 1. The van der Waals surface area contributed by atoms with Crippen LogP contribution in [0.1, 0.15) is 26.2 Å². The quantitative estimate of drug-likeness (QED) is 0.535. The summed E-state index contributed by atoms with van der Waals surface area (Å²) < 4.78 is 6.78. The monoisotopic (exact) mass is 375 g/mol. The van der Waals surface area contributed by atoms with Gasteiger partial charge < -0.3 is 15.5 Å². The molecular weight excluding hydrogens is 350 g/mol. The number of aromatic nitrogens is 3. The fourth-order valence-corrected chi connectivity index (χ4v) is 3.57. The fraction of sp³-hybridized carbons (Fsp3) is 0.500. The number of amides is 1. The molecular formula is C18H25N5O2S. The van der Waals surface area contributed by atoms with Crippen molar-refractivity contribution < 1.29 is 9.53 Å². The van der Waals surface area contributed by atoms with Gasteiger partial charge in [0.1, 0.15) is 5.75 Å². The Labute approximate surface area is 157 Å². The van der Waals surface area contributed by atoms with E-state index in [9.17, 15) is 4.79 Å². The molecule has 0 unspecified atom stereocenters. The Morgan fingerprint density at radius 3 is 2.85 bits per heavy atom. The number of nitrogen functional groups attached to an aromatic ring is 1. The van der Waals surface area contributed by atoms with E-state index in [-0.39, 0.29) is 5.91 Å². The maximum atomic E-state index is 12.5. The van der Waals surface area contributed by atoms with Crippen LogP contribution >= 0.6 is 11.8 Å². The van der Waals surface area contributed by atoms with Crippen molar-refractivity contribution in [3.63, 3.8) is 0 Å². The molecule has 1 fully saturated rings. The number of ether oxygens (including phenoxy) is 1. The molecule has 1 heterocycles. The topological polar surface area (TPSA) is 86.3 Å². The highest BCUT2D eigenvalue weighted by atomic mass is 32.2. The first-order valence-corrected chi connectivity index (χ1v) is 9.87. The lowest BCUT2D eigenvalue weighted by Crippen LogP contribution is -2.35.